The molecule has 0 bridgehead atoms. The second kappa shape index (κ2) is 7.54. The summed E-state index contributed by atoms with van der Waals surface area (Å²) < 4.78 is 0. The summed E-state index contributed by atoms with van der Waals surface area (Å²) >= 11 is 0. The average Bonchev–Trinajstić information content (AvgIpc) is 2.34. The highest BCUT2D eigenvalue weighted by molar-refractivity contribution is 5.74. The Labute approximate surface area is 105 Å². The van der Waals surface area contributed by atoms with Crippen LogP contribution in [0.1, 0.15) is 39.5 Å². The van der Waals surface area contributed by atoms with Gasteiger partial charge >= 0.3 is 6.03 Å². The molecule has 0 atom stereocenters. The number of nitrogens with zero attached hydrogens (tertiary/aromatic N) is 2. The molecular weight excluding hydrogens is 214 g/mol. The van der Waals surface area contributed by atoms with E-state index < -0.39 is 0 Å². The molecule has 2 amide bonds. The Morgan fingerprint density at radius 3 is 2.53 bits per heavy atom. The molecule has 0 spiro atoms. The third-order valence-electron chi connectivity index (χ3n) is 3.51. The third-order valence-corrected chi connectivity index (χ3v) is 3.51. The summed E-state index contributed by atoms with van der Waals surface area (Å²) in [5.74, 6) is 0.762. The molecule has 1 rings (SSSR count). The predicted molar refractivity (Wildman–Crippen MR) is 70.9 cm³/mol. The van der Waals surface area contributed by atoms with Crippen molar-refractivity contribution in [2.24, 2.45) is 11.7 Å². The lowest BCUT2D eigenvalue weighted by atomic mass is 9.99. The fraction of sp³-hybridized carbons (Fsp3) is 0.923. The zero-order valence-corrected chi connectivity index (χ0v) is 11.3. The largest absolute Gasteiger partial charge is 0.329 e. The summed E-state index contributed by atoms with van der Waals surface area (Å²) in [6, 6.07) is 0.191. The maximum atomic E-state index is 12.3. The fourth-order valence-corrected chi connectivity index (χ4v) is 2.21. The van der Waals surface area contributed by atoms with Gasteiger partial charge in [0.1, 0.15) is 0 Å². The lowest BCUT2D eigenvalue weighted by Crippen LogP contribution is -2.48. The number of amides is 2. The Kier molecular flexibility index (Phi) is 6.34. The molecule has 1 aliphatic rings. The van der Waals surface area contributed by atoms with Crippen molar-refractivity contribution in [3.8, 4) is 0 Å². The molecule has 1 fully saturated rings. The summed E-state index contributed by atoms with van der Waals surface area (Å²) in [6.45, 7) is 8.31. The van der Waals surface area contributed by atoms with Gasteiger partial charge in [-0.3, -0.25) is 0 Å². The van der Waals surface area contributed by atoms with Crippen LogP contribution in [0.4, 0.5) is 4.79 Å². The Morgan fingerprint density at radius 1 is 1.35 bits per heavy atom. The number of hydrogen-bond donors (Lipinski definition) is 1. The van der Waals surface area contributed by atoms with Crippen molar-refractivity contribution in [1.29, 1.82) is 0 Å². The van der Waals surface area contributed by atoms with Gasteiger partial charge in [0, 0.05) is 32.7 Å². The van der Waals surface area contributed by atoms with E-state index in [0.29, 0.717) is 13.1 Å². The van der Waals surface area contributed by atoms with E-state index in [1.165, 1.54) is 0 Å². The van der Waals surface area contributed by atoms with Crippen molar-refractivity contribution in [1.82, 2.24) is 9.80 Å². The number of carbonyl (C=O) groups is 1. The van der Waals surface area contributed by atoms with Gasteiger partial charge in [-0.1, -0.05) is 20.3 Å². The van der Waals surface area contributed by atoms with E-state index in [2.05, 4.69) is 13.8 Å². The van der Waals surface area contributed by atoms with Gasteiger partial charge in [0.05, 0.1) is 0 Å². The summed E-state index contributed by atoms with van der Waals surface area (Å²) in [7, 11) is 0. The predicted octanol–water partition coefficient (Wildman–Crippen LogP) is 1.90. The highest BCUT2D eigenvalue weighted by Crippen LogP contribution is 2.17. The van der Waals surface area contributed by atoms with Gasteiger partial charge in [-0.15, -0.1) is 0 Å². The van der Waals surface area contributed by atoms with E-state index in [9.17, 15) is 4.79 Å². The van der Waals surface area contributed by atoms with Crippen molar-refractivity contribution < 1.29 is 4.79 Å². The maximum Gasteiger partial charge on any atom is 0.320 e. The topological polar surface area (TPSA) is 49.6 Å². The minimum atomic E-state index is 0.191. The summed E-state index contributed by atoms with van der Waals surface area (Å²) in [6.07, 6.45) is 4.45. The van der Waals surface area contributed by atoms with Gasteiger partial charge in [-0.05, 0) is 25.2 Å². The number of urea groups is 1. The van der Waals surface area contributed by atoms with Crippen LogP contribution in [0.25, 0.3) is 0 Å². The molecule has 2 N–H and O–H groups in total. The molecular formula is C13H27N3O. The molecule has 0 aromatic heterocycles. The molecule has 0 unspecified atom stereocenters. The van der Waals surface area contributed by atoms with Crippen LogP contribution in [0.3, 0.4) is 0 Å². The van der Waals surface area contributed by atoms with Crippen molar-refractivity contribution in [2.45, 2.75) is 39.5 Å². The lowest BCUT2D eigenvalue weighted by molar-refractivity contribution is 0.135. The molecule has 4 nitrogen and oxygen atoms in total. The van der Waals surface area contributed by atoms with E-state index >= 15 is 0 Å². The van der Waals surface area contributed by atoms with Gasteiger partial charge in [-0.25, -0.2) is 4.79 Å². The zero-order valence-electron chi connectivity index (χ0n) is 11.3. The highest BCUT2D eigenvalue weighted by atomic mass is 16.2. The monoisotopic (exact) mass is 241 g/mol. The molecule has 0 radical (unpaired) electrons. The average molecular weight is 241 g/mol. The van der Waals surface area contributed by atoms with E-state index in [1.54, 1.807) is 0 Å². The molecule has 0 aromatic carbocycles. The first-order valence-corrected chi connectivity index (χ1v) is 6.93. The summed E-state index contributed by atoms with van der Waals surface area (Å²) in [4.78, 5) is 16.2. The fourth-order valence-electron chi connectivity index (χ4n) is 2.21. The molecule has 100 valence electrons. The standard InChI is InChI=1S/C13H27N3O/c1-3-4-8-15(11-7-14)13(17)16-9-5-12(2)6-10-16/h12H,3-11,14H2,1-2H3. The summed E-state index contributed by atoms with van der Waals surface area (Å²) in [5.41, 5.74) is 5.58. The van der Waals surface area contributed by atoms with Gasteiger partial charge < -0.3 is 15.5 Å². The molecule has 4 heteroatoms. The third kappa shape index (κ3) is 4.54. The number of hydrogen-bond acceptors (Lipinski definition) is 2. The van der Waals surface area contributed by atoms with Crippen molar-refractivity contribution in [2.75, 3.05) is 32.7 Å². The van der Waals surface area contributed by atoms with Crippen molar-refractivity contribution in [3.63, 3.8) is 0 Å². The van der Waals surface area contributed by atoms with E-state index in [0.717, 1.165) is 51.2 Å². The first kappa shape index (κ1) is 14.3. The number of rotatable bonds is 5. The molecule has 1 aliphatic heterocycles. The molecule has 0 saturated carbocycles. The van der Waals surface area contributed by atoms with Crippen molar-refractivity contribution >= 4 is 6.03 Å². The second-order valence-corrected chi connectivity index (χ2v) is 5.08. The van der Waals surface area contributed by atoms with Crippen LogP contribution in [0.15, 0.2) is 0 Å². The van der Waals surface area contributed by atoms with Gasteiger partial charge in [-0.2, -0.15) is 0 Å². The highest BCUT2D eigenvalue weighted by Gasteiger charge is 2.23. The van der Waals surface area contributed by atoms with Crippen LogP contribution in [-0.2, 0) is 0 Å². The minimum absolute atomic E-state index is 0.191. The van der Waals surface area contributed by atoms with Crippen LogP contribution in [0, 0.1) is 5.92 Å². The number of piperidine rings is 1. The van der Waals surface area contributed by atoms with Crippen LogP contribution >= 0.6 is 0 Å². The van der Waals surface area contributed by atoms with Gasteiger partial charge in [0.25, 0.3) is 0 Å². The first-order valence-electron chi connectivity index (χ1n) is 6.93. The quantitative estimate of drug-likeness (QED) is 0.799. The van der Waals surface area contributed by atoms with E-state index in [1.807, 2.05) is 9.80 Å². The molecule has 0 aliphatic carbocycles. The minimum Gasteiger partial charge on any atom is -0.329 e. The SMILES string of the molecule is CCCCN(CCN)C(=O)N1CCC(C)CC1. The van der Waals surface area contributed by atoms with Crippen LogP contribution in [-0.4, -0.2) is 48.6 Å². The first-order chi connectivity index (χ1) is 8.19. The smallest absolute Gasteiger partial charge is 0.320 e. The molecule has 0 aromatic rings. The van der Waals surface area contributed by atoms with Crippen molar-refractivity contribution in [3.05, 3.63) is 0 Å². The number of nitrogens with two attached hydrogens (primary N) is 1. The Hall–Kier alpha value is -0.770. The van der Waals surface area contributed by atoms with Gasteiger partial charge in [0.15, 0.2) is 0 Å². The molecule has 1 saturated heterocycles. The zero-order chi connectivity index (χ0) is 12.7. The Morgan fingerprint density at radius 2 is 2.00 bits per heavy atom. The lowest BCUT2D eigenvalue weighted by Gasteiger charge is -2.34. The van der Waals surface area contributed by atoms with Crippen LogP contribution in [0.2, 0.25) is 0 Å². The number of carbonyl (C=O) groups excluding carboxylic acids is 1. The Balaban J connectivity index is 2.45. The van der Waals surface area contributed by atoms with Crippen LogP contribution in [0.5, 0.6) is 0 Å². The second-order valence-electron chi connectivity index (χ2n) is 5.08. The molecule has 17 heavy (non-hydrogen) atoms. The van der Waals surface area contributed by atoms with E-state index in [4.69, 9.17) is 5.73 Å². The maximum absolute atomic E-state index is 12.3. The van der Waals surface area contributed by atoms with E-state index in [-0.39, 0.29) is 6.03 Å². The number of unbranched alkanes of at least 4 members (excludes halogenated alkanes) is 1. The van der Waals surface area contributed by atoms with Crippen LogP contribution < -0.4 is 5.73 Å². The molecule has 1 heterocycles. The normalized spacial score (nSPS) is 17.2. The number of likely N-dealkylation sites (tertiary alicyclic amines) is 1. The Bertz CT molecular complexity index is 225. The summed E-state index contributed by atoms with van der Waals surface area (Å²) in [5, 5.41) is 0. The van der Waals surface area contributed by atoms with Gasteiger partial charge in [0.2, 0.25) is 0 Å².